The van der Waals surface area contributed by atoms with Gasteiger partial charge in [0, 0.05) is 29.8 Å². The number of hydrogen-bond donors (Lipinski definition) is 0. The molecule has 2 aromatic carbocycles. The zero-order valence-electron chi connectivity index (χ0n) is 15.9. The first kappa shape index (κ1) is 18.6. The Balaban J connectivity index is 1.80. The Labute approximate surface area is 159 Å². The zero-order valence-corrected chi connectivity index (χ0v) is 15.9. The monoisotopic (exact) mass is 361 g/mol. The molecule has 1 heterocycles. The van der Waals surface area contributed by atoms with Crippen LogP contribution >= 0.6 is 0 Å². The predicted octanol–water partition coefficient (Wildman–Crippen LogP) is 4.75. The number of rotatable bonds is 6. The van der Waals surface area contributed by atoms with Crippen LogP contribution in [0.15, 0.2) is 65.1 Å². The molecule has 1 amide bonds. The third-order valence-electron chi connectivity index (χ3n) is 4.20. The quantitative estimate of drug-likeness (QED) is 0.595. The molecule has 0 bridgehead atoms. The predicted molar refractivity (Wildman–Crippen MR) is 106 cm³/mol. The molecule has 5 heteroatoms. The summed E-state index contributed by atoms with van der Waals surface area (Å²) in [6.07, 6.45) is 0. The lowest BCUT2D eigenvalue weighted by molar-refractivity contribution is 0.0778. The molecule has 0 saturated heterocycles. The minimum Gasteiger partial charge on any atom is -0.416 e. The molecule has 0 aliphatic rings. The van der Waals surface area contributed by atoms with Gasteiger partial charge in [0.15, 0.2) is 0 Å². The summed E-state index contributed by atoms with van der Waals surface area (Å²) >= 11 is 0. The summed E-state index contributed by atoms with van der Waals surface area (Å²) in [6.45, 7) is 11.0. The highest BCUT2D eigenvalue weighted by molar-refractivity contribution is 5.94. The van der Waals surface area contributed by atoms with Crippen molar-refractivity contribution in [3.05, 3.63) is 71.8 Å². The van der Waals surface area contributed by atoms with E-state index in [9.17, 15) is 4.79 Å². The Morgan fingerprint density at radius 2 is 1.74 bits per heavy atom. The Kier molecular flexibility index (Phi) is 5.50. The second-order valence-electron chi connectivity index (χ2n) is 6.64. The molecule has 0 N–H and O–H groups in total. The summed E-state index contributed by atoms with van der Waals surface area (Å²) in [7, 11) is 0. The molecule has 0 saturated carbocycles. The summed E-state index contributed by atoms with van der Waals surface area (Å²) in [6, 6.07) is 15.1. The smallest absolute Gasteiger partial charge is 0.254 e. The third-order valence-corrected chi connectivity index (χ3v) is 4.20. The Hall–Kier alpha value is -3.21. The maximum Gasteiger partial charge on any atom is 0.254 e. The number of aromatic nitrogens is 2. The van der Waals surface area contributed by atoms with Crippen molar-refractivity contribution in [3.8, 4) is 22.9 Å². The van der Waals surface area contributed by atoms with Crippen molar-refractivity contribution in [1.82, 2.24) is 15.1 Å². The van der Waals surface area contributed by atoms with Gasteiger partial charge in [0.05, 0.1) is 0 Å². The fourth-order valence-electron chi connectivity index (χ4n) is 2.83. The van der Waals surface area contributed by atoms with Crippen LogP contribution in [0.4, 0.5) is 0 Å². The summed E-state index contributed by atoms with van der Waals surface area (Å²) < 4.78 is 5.80. The van der Waals surface area contributed by atoms with Crippen LogP contribution in [-0.2, 0) is 0 Å². The van der Waals surface area contributed by atoms with Crippen molar-refractivity contribution in [2.24, 2.45) is 0 Å². The van der Waals surface area contributed by atoms with E-state index in [0.717, 1.165) is 22.3 Å². The average molecular weight is 361 g/mol. The maximum absolute atomic E-state index is 12.6. The number of amides is 1. The molecule has 3 rings (SSSR count). The van der Waals surface area contributed by atoms with Gasteiger partial charge in [-0.1, -0.05) is 29.8 Å². The second kappa shape index (κ2) is 7.99. The highest BCUT2D eigenvalue weighted by Crippen LogP contribution is 2.25. The standard InChI is InChI=1S/C22H23N3O2/c1-5-25(14-15(2)3)22(26)18-11-9-17(10-12-18)20-23-24-21(27-20)19-8-6-7-16(4)13-19/h6-13H,2,5,14H2,1,3-4H3. The van der Waals surface area contributed by atoms with E-state index in [1.807, 2.05) is 57.2 Å². The zero-order chi connectivity index (χ0) is 19.4. The number of likely N-dealkylation sites (N-methyl/N-ethyl adjacent to an activating group) is 1. The minimum atomic E-state index is -0.0157. The van der Waals surface area contributed by atoms with Crippen LogP contribution in [-0.4, -0.2) is 34.1 Å². The van der Waals surface area contributed by atoms with Crippen molar-refractivity contribution < 1.29 is 9.21 Å². The molecule has 138 valence electrons. The number of aryl methyl sites for hydroxylation is 1. The molecule has 3 aromatic rings. The highest BCUT2D eigenvalue weighted by atomic mass is 16.4. The van der Waals surface area contributed by atoms with Crippen molar-refractivity contribution >= 4 is 5.91 Å². The fourth-order valence-corrected chi connectivity index (χ4v) is 2.83. The van der Waals surface area contributed by atoms with E-state index in [-0.39, 0.29) is 5.91 Å². The van der Waals surface area contributed by atoms with Crippen LogP contribution in [0.25, 0.3) is 22.9 Å². The first-order chi connectivity index (χ1) is 13.0. The van der Waals surface area contributed by atoms with Gasteiger partial charge in [0.2, 0.25) is 11.8 Å². The molecular formula is C22H23N3O2. The number of carbonyl (C=O) groups is 1. The SMILES string of the molecule is C=C(C)CN(CC)C(=O)c1ccc(-c2nnc(-c3cccc(C)c3)o2)cc1. The van der Waals surface area contributed by atoms with E-state index in [1.165, 1.54) is 0 Å². The normalized spacial score (nSPS) is 10.6. The molecule has 0 fully saturated rings. The second-order valence-corrected chi connectivity index (χ2v) is 6.64. The van der Waals surface area contributed by atoms with Gasteiger partial charge in [-0.15, -0.1) is 10.2 Å². The van der Waals surface area contributed by atoms with E-state index < -0.39 is 0 Å². The Morgan fingerprint density at radius 1 is 1.07 bits per heavy atom. The maximum atomic E-state index is 12.6. The summed E-state index contributed by atoms with van der Waals surface area (Å²) in [5.41, 5.74) is 4.38. The highest BCUT2D eigenvalue weighted by Gasteiger charge is 2.15. The fraction of sp³-hybridized carbons (Fsp3) is 0.227. The van der Waals surface area contributed by atoms with E-state index in [1.54, 1.807) is 17.0 Å². The summed E-state index contributed by atoms with van der Waals surface area (Å²) in [4.78, 5) is 14.4. The molecule has 0 aliphatic carbocycles. The van der Waals surface area contributed by atoms with Crippen molar-refractivity contribution in [3.63, 3.8) is 0 Å². The Bertz CT molecular complexity index is 958. The van der Waals surface area contributed by atoms with E-state index >= 15 is 0 Å². The number of nitrogens with zero attached hydrogens (tertiary/aromatic N) is 3. The van der Waals surface area contributed by atoms with Gasteiger partial charge in [0.25, 0.3) is 5.91 Å². The molecule has 1 aromatic heterocycles. The first-order valence-corrected chi connectivity index (χ1v) is 8.92. The van der Waals surface area contributed by atoms with Crippen LogP contribution in [0.2, 0.25) is 0 Å². The van der Waals surface area contributed by atoms with Crippen molar-refractivity contribution in [1.29, 1.82) is 0 Å². The third kappa shape index (κ3) is 4.31. The average Bonchev–Trinajstić information content (AvgIpc) is 3.16. The van der Waals surface area contributed by atoms with E-state index in [4.69, 9.17) is 4.42 Å². The largest absolute Gasteiger partial charge is 0.416 e. The molecule has 5 nitrogen and oxygen atoms in total. The van der Waals surface area contributed by atoms with Crippen molar-refractivity contribution in [2.45, 2.75) is 20.8 Å². The lowest BCUT2D eigenvalue weighted by Crippen LogP contribution is -2.32. The number of hydrogen-bond acceptors (Lipinski definition) is 4. The van der Waals surface area contributed by atoms with E-state index in [0.29, 0.717) is 30.4 Å². The summed E-state index contributed by atoms with van der Waals surface area (Å²) in [5, 5.41) is 8.27. The number of carbonyl (C=O) groups excluding carboxylic acids is 1. The van der Waals surface area contributed by atoms with Gasteiger partial charge in [-0.25, -0.2) is 0 Å². The minimum absolute atomic E-state index is 0.0157. The van der Waals surface area contributed by atoms with Crippen LogP contribution in [0.1, 0.15) is 29.8 Å². The van der Waals surface area contributed by atoms with Gasteiger partial charge in [-0.2, -0.15) is 0 Å². The molecule has 0 radical (unpaired) electrons. The summed E-state index contributed by atoms with van der Waals surface area (Å²) in [5.74, 6) is 0.894. The van der Waals surface area contributed by atoms with Crippen LogP contribution < -0.4 is 0 Å². The van der Waals surface area contributed by atoms with Gasteiger partial charge in [0.1, 0.15) is 0 Å². The van der Waals surface area contributed by atoms with Crippen LogP contribution in [0, 0.1) is 6.92 Å². The molecule has 0 aliphatic heterocycles. The molecular weight excluding hydrogens is 338 g/mol. The molecule has 27 heavy (non-hydrogen) atoms. The van der Waals surface area contributed by atoms with Crippen LogP contribution in [0.5, 0.6) is 0 Å². The van der Waals surface area contributed by atoms with E-state index in [2.05, 4.69) is 16.8 Å². The van der Waals surface area contributed by atoms with Gasteiger partial charge < -0.3 is 9.32 Å². The first-order valence-electron chi connectivity index (χ1n) is 8.92. The lowest BCUT2D eigenvalue weighted by atomic mass is 10.1. The van der Waals surface area contributed by atoms with Crippen molar-refractivity contribution in [2.75, 3.05) is 13.1 Å². The van der Waals surface area contributed by atoms with Gasteiger partial charge >= 0.3 is 0 Å². The van der Waals surface area contributed by atoms with Gasteiger partial charge in [-0.05, 0) is 57.2 Å². The number of benzene rings is 2. The van der Waals surface area contributed by atoms with Crippen LogP contribution in [0.3, 0.4) is 0 Å². The van der Waals surface area contributed by atoms with Gasteiger partial charge in [-0.3, -0.25) is 4.79 Å². The molecule has 0 atom stereocenters. The lowest BCUT2D eigenvalue weighted by Gasteiger charge is -2.21. The Morgan fingerprint density at radius 3 is 2.33 bits per heavy atom. The molecule has 0 unspecified atom stereocenters. The topological polar surface area (TPSA) is 59.2 Å². The molecule has 0 spiro atoms.